The zero-order valence-corrected chi connectivity index (χ0v) is 17.3. The highest BCUT2D eigenvalue weighted by Gasteiger charge is 2.36. The lowest BCUT2D eigenvalue weighted by Gasteiger charge is -2.16. The predicted molar refractivity (Wildman–Crippen MR) is 112 cm³/mol. The first kappa shape index (κ1) is 20.2. The van der Waals surface area contributed by atoms with E-state index >= 15 is 0 Å². The fourth-order valence-corrected chi connectivity index (χ4v) is 4.42. The average Bonchev–Trinajstić information content (AvgIpc) is 2.88. The standard InChI is InChI=1S/C21H19ClF3N3S/c1-29-18-8-3-2-6-14(18)19-15-7-4-5-11-26-20(15)28(27-19)17-10-9-13(22)12-16(17)21(23,24)25/h2-3,6,8-10,12,26H,4-5,7,11H2,1H3. The Morgan fingerprint density at radius 1 is 1.14 bits per heavy atom. The van der Waals surface area contributed by atoms with Gasteiger partial charge in [-0.3, -0.25) is 0 Å². The first-order valence-corrected chi connectivity index (χ1v) is 10.9. The van der Waals surface area contributed by atoms with Gasteiger partial charge in [0.25, 0.3) is 0 Å². The number of thioether (sulfide) groups is 1. The summed E-state index contributed by atoms with van der Waals surface area (Å²) in [6.07, 6.45) is 0.0993. The monoisotopic (exact) mass is 437 g/mol. The highest BCUT2D eigenvalue weighted by molar-refractivity contribution is 7.98. The van der Waals surface area contributed by atoms with E-state index in [-0.39, 0.29) is 10.7 Å². The number of fused-ring (bicyclic) bond motifs is 1. The van der Waals surface area contributed by atoms with Gasteiger partial charge in [-0.2, -0.15) is 18.3 Å². The molecule has 0 unspecified atom stereocenters. The molecule has 0 amide bonds. The van der Waals surface area contributed by atoms with Crippen LogP contribution in [0.25, 0.3) is 16.9 Å². The fourth-order valence-electron chi connectivity index (χ4n) is 3.65. The van der Waals surface area contributed by atoms with Gasteiger partial charge in [0, 0.05) is 27.6 Å². The maximum atomic E-state index is 13.8. The maximum Gasteiger partial charge on any atom is 0.418 e. The Balaban J connectivity index is 1.99. The van der Waals surface area contributed by atoms with Gasteiger partial charge in [0.15, 0.2) is 0 Å². The van der Waals surface area contributed by atoms with Crippen LogP contribution in [0.15, 0.2) is 47.4 Å². The third-order valence-corrected chi connectivity index (χ3v) is 6.01. The van der Waals surface area contributed by atoms with E-state index in [0.29, 0.717) is 12.4 Å². The van der Waals surface area contributed by atoms with Crippen LogP contribution in [-0.2, 0) is 12.6 Å². The Kier molecular flexibility index (Phi) is 5.53. The number of anilines is 1. The molecular formula is C21H19ClF3N3S. The number of benzene rings is 2. The van der Waals surface area contributed by atoms with E-state index in [0.717, 1.165) is 47.0 Å². The summed E-state index contributed by atoms with van der Waals surface area (Å²) in [7, 11) is 0. The molecule has 2 heterocycles. The second kappa shape index (κ2) is 7.95. The zero-order chi connectivity index (χ0) is 20.6. The van der Waals surface area contributed by atoms with E-state index in [1.165, 1.54) is 16.8 Å². The number of nitrogens with one attached hydrogen (secondary N) is 1. The Morgan fingerprint density at radius 2 is 1.93 bits per heavy atom. The van der Waals surface area contributed by atoms with Gasteiger partial charge in [-0.1, -0.05) is 29.8 Å². The van der Waals surface area contributed by atoms with Gasteiger partial charge >= 0.3 is 6.18 Å². The molecule has 4 rings (SSSR count). The second-order valence-electron chi connectivity index (χ2n) is 6.83. The summed E-state index contributed by atoms with van der Waals surface area (Å²) >= 11 is 7.47. The average molecular weight is 438 g/mol. The SMILES string of the molecule is CSc1ccccc1-c1nn(-c2ccc(Cl)cc2C(F)(F)F)c2c1CCCCN2. The number of hydrogen-bond donors (Lipinski definition) is 1. The zero-order valence-electron chi connectivity index (χ0n) is 15.7. The fraction of sp³-hybridized carbons (Fsp3) is 0.286. The summed E-state index contributed by atoms with van der Waals surface area (Å²) in [6.45, 7) is 0.692. The molecule has 0 bridgehead atoms. The molecule has 2 aromatic carbocycles. The van der Waals surface area contributed by atoms with Crippen LogP contribution >= 0.6 is 23.4 Å². The van der Waals surface area contributed by atoms with Crippen molar-refractivity contribution in [1.29, 1.82) is 0 Å². The van der Waals surface area contributed by atoms with Crippen LogP contribution in [0.1, 0.15) is 24.0 Å². The molecule has 0 aliphatic carbocycles. The summed E-state index contributed by atoms with van der Waals surface area (Å²) in [4.78, 5) is 1.04. The molecular weight excluding hydrogens is 419 g/mol. The molecule has 1 aromatic heterocycles. The molecule has 3 aromatic rings. The van der Waals surface area contributed by atoms with Crippen molar-refractivity contribution in [2.75, 3.05) is 18.1 Å². The highest BCUT2D eigenvalue weighted by Crippen LogP contribution is 2.41. The summed E-state index contributed by atoms with van der Waals surface area (Å²) in [6, 6.07) is 11.6. The van der Waals surface area contributed by atoms with Crippen LogP contribution in [0.3, 0.4) is 0 Å². The normalized spacial score (nSPS) is 14.2. The van der Waals surface area contributed by atoms with Gasteiger partial charge in [-0.05, 0) is 49.8 Å². The van der Waals surface area contributed by atoms with Gasteiger partial charge in [0.05, 0.1) is 16.9 Å². The van der Waals surface area contributed by atoms with Crippen molar-refractivity contribution in [1.82, 2.24) is 9.78 Å². The van der Waals surface area contributed by atoms with Gasteiger partial charge in [-0.25, -0.2) is 4.68 Å². The molecule has 0 fully saturated rings. The third-order valence-electron chi connectivity index (χ3n) is 4.98. The lowest BCUT2D eigenvalue weighted by atomic mass is 10.0. The number of alkyl halides is 3. The molecule has 0 saturated heterocycles. The van der Waals surface area contributed by atoms with Crippen LogP contribution < -0.4 is 5.32 Å². The summed E-state index contributed by atoms with van der Waals surface area (Å²) < 4.78 is 42.6. The van der Waals surface area contributed by atoms with Crippen LogP contribution in [0.2, 0.25) is 5.02 Å². The van der Waals surface area contributed by atoms with Crippen molar-refractivity contribution in [3.8, 4) is 16.9 Å². The maximum absolute atomic E-state index is 13.8. The summed E-state index contributed by atoms with van der Waals surface area (Å²) in [5, 5.41) is 8.03. The van der Waals surface area contributed by atoms with Crippen LogP contribution in [0, 0.1) is 0 Å². The predicted octanol–water partition coefficient (Wildman–Crippen LogP) is 6.68. The lowest BCUT2D eigenvalue weighted by molar-refractivity contribution is -0.137. The van der Waals surface area contributed by atoms with E-state index in [1.807, 2.05) is 30.5 Å². The molecule has 8 heteroatoms. The molecule has 29 heavy (non-hydrogen) atoms. The quantitative estimate of drug-likeness (QED) is 0.463. The molecule has 0 radical (unpaired) electrons. The number of halogens is 4. The van der Waals surface area contributed by atoms with E-state index < -0.39 is 11.7 Å². The van der Waals surface area contributed by atoms with Crippen LogP contribution in [0.5, 0.6) is 0 Å². The van der Waals surface area contributed by atoms with Crippen molar-refractivity contribution in [3.63, 3.8) is 0 Å². The first-order chi connectivity index (χ1) is 13.9. The molecule has 0 saturated carbocycles. The summed E-state index contributed by atoms with van der Waals surface area (Å²) in [5.74, 6) is 0.626. The minimum Gasteiger partial charge on any atom is -0.370 e. The molecule has 152 valence electrons. The number of hydrogen-bond acceptors (Lipinski definition) is 3. The minimum absolute atomic E-state index is 0.0274. The van der Waals surface area contributed by atoms with E-state index in [9.17, 15) is 13.2 Å². The van der Waals surface area contributed by atoms with Gasteiger partial charge in [0.2, 0.25) is 0 Å². The van der Waals surface area contributed by atoms with Gasteiger partial charge in [0.1, 0.15) is 5.82 Å². The third kappa shape index (κ3) is 3.85. The Hall–Kier alpha value is -2.12. The largest absolute Gasteiger partial charge is 0.418 e. The Morgan fingerprint density at radius 3 is 2.69 bits per heavy atom. The van der Waals surface area contributed by atoms with E-state index in [2.05, 4.69) is 10.4 Å². The minimum atomic E-state index is -4.54. The first-order valence-electron chi connectivity index (χ1n) is 9.26. The van der Waals surface area contributed by atoms with Gasteiger partial charge in [-0.15, -0.1) is 11.8 Å². The smallest absolute Gasteiger partial charge is 0.370 e. The lowest BCUT2D eigenvalue weighted by Crippen LogP contribution is -2.14. The highest BCUT2D eigenvalue weighted by atomic mass is 35.5. The van der Waals surface area contributed by atoms with Crippen molar-refractivity contribution in [2.24, 2.45) is 0 Å². The van der Waals surface area contributed by atoms with Crippen molar-refractivity contribution in [3.05, 3.63) is 58.6 Å². The number of aromatic nitrogens is 2. The molecule has 0 atom stereocenters. The number of rotatable bonds is 3. The second-order valence-corrected chi connectivity index (χ2v) is 8.12. The Bertz CT molecular complexity index is 1050. The molecule has 1 aliphatic rings. The summed E-state index contributed by atoms with van der Waals surface area (Å²) in [5.41, 5.74) is 1.78. The topological polar surface area (TPSA) is 29.9 Å². The molecule has 3 nitrogen and oxygen atoms in total. The molecule has 1 aliphatic heterocycles. The Labute approximate surface area is 176 Å². The number of nitrogens with zero attached hydrogens (tertiary/aromatic N) is 2. The van der Waals surface area contributed by atoms with Crippen molar-refractivity contribution < 1.29 is 13.2 Å². The molecule has 0 spiro atoms. The molecule has 1 N–H and O–H groups in total. The van der Waals surface area contributed by atoms with Crippen LogP contribution in [-0.4, -0.2) is 22.6 Å². The van der Waals surface area contributed by atoms with Crippen LogP contribution in [0.4, 0.5) is 19.0 Å². The van der Waals surface area contributed by atoms with Gasteiger partial charge < -0.3 is 5.32 Å². The van der Waals surface area contributed by atoms with E-state index in [4.69, 9.17) is 11.6 Å². The van der Waals surface area contributed by atoms with Crippen molar-refractivity contribution in [2.45, 2.75) is 30.3 Å². The van der Waals surface area contributed by atoms with Crippen molar-refractivity contribution >= 4 is 29.2 Å². The van der Waals surface area contributed by atoms with E-state index in [1.54, 1.807) is 11.8 Å².